The Hall–Kier alpha value is -2.24. The first-order valence-electron chi connectivity index (χ1n) is 11.0. The van der Waals surface area contributed by atoms with Gasteiger partial charge in [-0.1, -0.05) is 12.1 Å². The molecular weight excluding hydrogens is 366 g/mol. The molecule has 6 rings (SSSR count). The maximum atomic E-state index is 12.9. The number of hydrogen-bond donors (Lipinski definition) is 1. The van der Waals surface area contributed by atoms with Crippen LogP contribution in [0, 0.1) is 17.8 Å². The Kier molecular flexibility index (Phi) is 4.67. The van der Waals surface area contributed by atoms with Crippen LogP contribution in [0.25, 0.3) is 0 Å². The van der Waals surface area contributed by atoms with E-state index in [1.54, 1.807) is 12.0 Å². The quantitative estimate of drug-likeness (QED) is 0.796. The highest BCUT2D eigenvalue weighted by molar-refractivity contribution is 6.35. The highest BCUT2D eigenvalue weighted by Crippen LogP contribution is 2.55. The molecule has 0 radical (unpaired) electrons. The maximum absolute atomic E-state index is 12.9. The fourth-order valence-corrected chi connectivity index (χ4v) is 6.74. The zero-order valence-corrected chi connectivity index (χ0v) is 17.2. The van der Waals surface area contributed by atoms with Crippen molar-refractivity contribution in [2.24, 2.45) is 17.8 Å². The van der Waals surface area contributed by atoms with Crippen LogP contribution >= 0.6 is 0 Å². The largest absolute Gasteiger partial charge is 0.495 e. The van der Waals surface area contributed by atoms with E-state index in [0.29, 0.717) is 26.2 Å². The van der Waals surface area contributed by atoms with Crippen LogP contribution in [0.3, 0.4) is 0 Å². The molecule has 1 aromatic rings. The average Bonchev–Trinajstić information content (AvgIpc) is 2.72. The average molecular weight is 398 g/mol. The highest BCUT2D eigenvalue weighted by atomic mass is 16.5. The first-order chi connectivity index (χ1) is 14.0. The van der Waals surface area contributed by atoms with Gasteiger partial charge in [-0.25, -0.2) is 0 Å². The van der Waals surface area contributed by atoms with Crippen molar-refractivity contribution in [1.29, 1.82) is 0 Å². The molecule has 0 unspecified atom stereocenters. The molecule has 1 saturated heterocycles. The minimum absolute atomic E-state index is 0.110. The molecule has 2 amide bonds. The lowest BCUT2D eigenvalue weighted by Crippen LogP contribution is -2.62. The van der Waals surface area contributed by atoms with E-state index < -0.39 is 5.91 Å². The lowest BCUT2D eigenvalue weighted by Gasteiger charge is -2.56. The van der Waals surface area contributed by atoms with Gasteiger partial charge in [0.2, 0.25) is 0 Å². The number of ether oxygens (including phenoxy) is 1. The summed E-state index contributed by atoms with van der Waals surface area (Å²) in [6.45, 7) is 2.53. The second-order valence-electron chi connectivity index (χ2n) is 9.60. The zero-order valence-electron chi connectivity index (χ0n) is 17.2. The van der Waals surface area contributed by atoms with Crippen LogP contribution in [0.5, 0.6) is 5.75 Å². The number of carbonyl (C=O) groups excluding carboxylic acids is 2. The Morgan fingerprint density at radius 2 is 1.55 bits per heavy atom. The molecule has 4 aliphatic carbocycles. The number of nitrogens with zero attached hydrogens (tertiary/aromatic N) is 2. The molecule has 5 aliphatic rings. The summed E-state index contributed by atoms with van der Waals surface area (Å²) in [5, 5.41) is 3.22. The molecule has 4 bridgehead atoms. The van der Waals surface area contributed by atoms with Crippen LogP contribution in [0.15, 0.2) is 24.3 Å². The fourth-order valence-electron chi connectivity index (χ4n) is 6.74. The predicted molar refractivity (Wildman–Crippen MR) is 111 cm³/mol. The van der Waals surface area contributed by atoms with Gasteiger partial charge in [-0.15, -0.1) is 0 Å². The van der Waals surface area contributed by atoms with Crippen LogP contribution < -0.4 is 15.0 Å². The van der Waals surface area contributed by atoms with Gasteiger partial charge in [-0.05, 0) is 68.4 Å². The second-order valence-corrected chi connectivity index (χ2v) is 9.60. The van der Waals surface area contributed by atoms with Crippen molar-refractivity contribution in [3.63, 3.8) is 0 Å². The number of piperazine rings is 1. The van der Waals surface area contributed by atoms with Crippen molar-refractivity contribution < 1.29 is 14.3 Å². The number of rotatable bonds is 3. The van der Waals surface area contributed by atoms with Gasteiger partial charge in [0, 0.05) is 31.7 Å². The summed E-state index contributed by atoms with van der Waals surface area (Å²) in [6.07, 6.45) is 7.19. The number of nitrogens with one attached hydrogen (secondary N) is 1. The second kappa shape index (κ2) is 7.22. The number of benzene rings is 1. The fraction of sp³-hybridized carbons (Fsp3) is 0.652. The molecule has 6 heteroatoms. The Balaban J connectivity index is 1.19. The molecule has 1 heterocycles. The van der Waals surface area contributed by atoms with Crippen LogP contribution in [0.1, 0.15) is 38.5 Å². The molecule has 1 N–H and O–H groups in total. The van der Waals surface area contributed by atoms with E-state index in [1.807, 2.05) is 24.3 Å². The van der Waals surface area contributed by atoms with Crippen LogP contribution in [0.4, 0.5) is 5.69 Å². The normalized spacial score (nSPS) is 32.9. The van der Waals surface area contributed by atoms with Crippen LogP contribution in [0.2, 0.25) is 0 Å². The van der Waals surface area contributed by atoms with Gasteiger partial charge in [0.1, 0.15) is 5.75 Å². The SMILES string of the molecule is COc1ccccc1N1CCN(C(=O)C(=O)NC23CC4CC(CC(C4)C2)C3)CC1. The molecule has 29 heavy (non-hydrogen) atoms. The predicted octanol–water partition coefficient (Wildman–Crippen LogP) is 2.43. The minimum atomic E-state index is -0.391. The third kappa shape index (κ3) is 3.47. The number of anilines is 1. The van der Waals surface area contributed by atoms with Crippen molar-refractivity contribution in [3.05, 3.63) is 24.3 Å². The summed E-state index contributed by atoms with van der Waals surface area (Å²) in [5.41, 5.74) is 0.931. The summed E-state index contributed by atoms with van der Waals surface area (Å²) < 4.78 is 5.46. The summed E-state index contributed by atoms with van der Waals surface area (Å²) >= 11 is 0. The molecule has 1 aromatic carbocycles. The molecule has 4 saturated carbocycles. The number of hydrogen-bond acceptors (Lipinski definition) is 4. The first kappa shape index (κ1) is 18.8. The monoisotopic (exact) mass is 397 g/mol. The summed E-state index contributed by atoms with van der Waals surface area (Å²) in [4.78, 5) is 29.6. The molecule has 5 fully saturated rings. The molecule has 156 valence electrons. The van der Waals surface area contributed by atoms with Gasteiger partial charge < -0.3 is 19.9 Å². The van der Waals surface area contributed by atoms with E-state index in [4.69, 9.17) is 4.74 Å². The van der Waals surface area contributed by atoms with E-state index in [1.165, 1.54) is 19.3 Å². The lowest BCUT2D eigenvalue weighted by atomic mass is 9.53. The number of methoxy groups -OCH3 is 1. The van der Waals surface area contributed by atoms with Gasteiger partial charge in [-0.2, -0.15) is 0 Å². The van der Waals surface area contributed by atoms with Crippen LogP contribution in [-0.4, -0.2) is 55.5 Å². The van der Waals surface area contributed by atoms with E-state index in [2.05, 4.69) is 10.2 Å². The van der Waals surface area contributed by atoms with Gasteiger partial charge in [0.25, 0.3) is 0 Å². The van der Waals surface area contributed by atoms with Crippen molar-refractivity contribution in [2.75, 3.05) is 38.2 Å². The summed E-state index contributed by atoms with van der Waals surface area (Å²) in [5.74, 6) is 2.34. The molecule has 6 nitrogen and oxygen atoms in total. The standard InChI is InChI=1S/C23H31N3O3/c1-29-20-5-3-2-4-19(20)25-6-8-26(9-7-25)22(28)21(27)24-23-13-16-10-17(14-23)12-18(11-16)15-23/h2-5,16-18H,6-15H2,1H3,(H,24,27). The van der Waals surface area contributed by atoms with E-state index in [0.717, 1.165) is 48.5 Å². The Morgan fingerprint density at radius 3 is 2.14 bits per heavy atom. The minimum Gasteiger partial charge on any atom is -0.495 e. The lowest BCUT2D eigenvalue weighted by molar-refractivity contribution is -0.149. The molecule has 1 aliphatic heterocycles. The molecule has 0 aromatic heterocycles. The Bertz CT molecular complexity index is 765. The third-order valence-corrected chi connectivity index (χ3v) is 7.60. The van der Waals surface area contributed by atoms with Gasteiger partial charge >= 0.3 is 11.8 Å². The summed E-state index contributed by atoms with van der Waals surface area (Å²) in [7, 11) is 1.67. The smallest absolute Gasteiger partial charge is 0.312 e. The first-order valence-corrected chi connectivity index (χ1v) is 11.0. The topological polar surface area (TPSA) is 61.9 Å². The summed E-state index contributed by atoms with van der Waals surface area (Å²) in [6, 6.07) is 7.94. The Labute approximate surface area is 172 Å². The van der Waals surface area contributed by atoms with Gasteiger partial charge in [-0.3, -0.25) is 9.59 Å². The number of para-hydroxylation sites is 2. The number of amides is 2. The van der Waals surface area contributed by atoms with Crippen molar-refractivity contribution in [2.45, 2.75) is 44.1 Å². The van der Waals surface area contributed by atoms with Crippen molar-refractivity contribution in [1.82, 2.24) is 10.2 Å². The van der Waals surface area contributed by atoms with Gasteiger partial charge in [0.15, 0.2) is 0 Å². The van der Waals surface area contributed by atoms with E-state index in [9.17, 15) is 9.59 Å². The van der Waals surface area contributed by atoms with Crippen LogP contribution in [-0.2, 0) is 9.59 Å². The maximum Gasteiger partial charge on any atom is 0.312 e. The molecule has 0 atom stereocenters. The van der Waals surface area contributed by atoms with E-state index >= 15 is 0 Å². The number of carbonyl (C=O) groups is 2. The molecule has 0 spiro atoms. The van der Waals surface area contributed by atoms with Crippen molar-refractivity contribution >= 4 is 17.5 Å². The van der Waals surface area contributed by atoms with Crippen molar-refractivity contribution in [3.8, 4) is 5.75 Å². The highest BCUT2D eigenvalue weighted by Gasteiger charge is 2.52. The third-order valence-electron chi connectivity index (χ3n) is 7.60. The van der Waals surface area contributed by atoms with E-state index in [-0.39, 0.29) is 11.4 Å². The molecular formula is C23H31N3O3. The van der Waals surface area contributed by atoms with Gasteiger partial charge in [0.05, 0.1) is 12.8 Å². The zero-order chi connectivity index (χ0) is 20.0. The Morgan fingerprint density at radius 1 is 0.966 bits per heavy atom.